The van der Waals surface area contributed by atoms with E-state index in [0.29, 0.717) is 43.7 Å². The number of nitrogens with zero attached hydrogens (tertiary/aromatic N) is 1. The van der Waals surface area contributed by atoms with E-state index in [1.807, 2.05) is 42.5 Å². The van der Waals surface area contributed by atoms with Gasteiger partial charge in [0.05, 0.1) is 18.8 Å². The minimum Gasteiger partial charge on any atom is -0.477 e. The average Bonchev–Trinajstić information content (AvgIpc) is 3.18. The van der Waals surface area contributed by atoms with Crippen molar-refractivity contribution in [1.82, 2.24) is 4.90 Å². The van der Waals surface area contributed by atoms with Crippen molar-refractivity contribution in [3.05, 3.63) is 69.9 Å². The van der Waals surface area contributed by atoms with E-state index in [0.717, 1.165) is 10.4 Å². The molecular formula is C22H25NO5S. The van der Waals surface area contributed by atoms with Gasteiger partial charge in [0.25, 0.3) is 0 Å². The predicted molar refractivity (Wildman–Crippen MR) is 111 cm³/mol. The van der Waals surface area contributed by atoms with Crippen LogP contribution in [0.4, 0.5) is 4.79 Å². The standard InChI is InChI=1S/C22H25NO5S/c24-18(15-16-5-2-1-3-6-16)9-8-17-12-14-28-22(27)23(17)13-4-7-19-10-11-20(29-19)21(25)26/h1-3,5-6,8-11,17-18,24H,4,7,12-15H2,(H,25,26)/t17-,18+/m0/s1. The van der Waals surface area contributed by atoms with Gasteiger partial charge in [-0.3, -0.25) is 0 Å². The Morgan fingerprint density at radius 3 is 2.79 bits per heavy atom. The monoisotopic (exact) mass is 415 g/mol. The smallest absolute Gasteiger partial charge is 0.410 e. The molecule has 0 bridgehead atoms. The molecule has 2 N–H and O–H groups in total. The van der Waals surface area contributed by atoms with Gasteiger partial charge < -0.3 is 19.8 Å². The number of thiophene rings is 1. The van der Waals surface area contributed by atoms with Gasteiger partial charge >= 0.3 is 12.1 Å². The number of carbonyl (C=O) groups is 2. The number of carbonyl (C=O) groups excluding carboxylic acids is 1. The van der Waals surface area contributed by atoms with Gasteiger partial charge in [-0.15, -0.1) is 11.3 Å². The van der Waals surface area contributed by atoms with Gasteiger partial charge in [-0.05, 0) is 30.5 Å². The summed E-state index contributed by atoms with van der Waals surface area (Å²) in [5, 5.41) is 19.3. The van der Waals surface area contributed by atoms with E-state index in [2.05, 4.69) is 0 Å². The molecule has 0 aliphatic carbocycles. The number of amides is 1. The molecule has 0 radical (unpaired) electrons. The molecule has 2 heterocycles. The first-order valence-corrected chi connectivity index (χ1v) is 10.5. The van der Waals surface area contributed by atoms with Crippen LogP contribution in [0.25, 0.3) is 0 Å². The van der Waals surface area contributed by atoms with Gasteiger partial charge in [0.2, 0.25) is 0 Å². The van der Waals surface area contributed by atoms with Crippen LogP contribution in [-0.2, 0) is 17.6 Å². The number of ether oxygens (including phenoxy) is 1. The van der Waals surface area contributed by atoms with Crippen LogP contribution in [-0.4, -0.2) is 52.5 Å². The second kappa shape index (κ2) is 10.2. The zero-order chi connectivity index (χ0) is 20.6. The van der Waals surface area contributed by atoms with Gasteiger partial charge in [0.1, 0.15) is 4.88 Å². The molecule has 1 amide bonds. The molecule has 0 spiro atoms. The maximum absolute atomic E-state index is 12.2. The first-order valence-electron chi connectivity index (χ1n) is 9.68. The number of cyclic esters (lactones) is 1. The highest BCUT2D eigenvalue weighted by molar-refractivity contribution is 7.13. The number of carboxylic acids is 1. The molecule has 1 aliphatic heterocycles. The van der Waals surface area contributed by atoms with E-state index < -0.39 is 12.1 Å². The molecule has 0 saturated carbocycles. The van der Waals surface area contributed by atoms with Crippen molar-refractivity contribution in [2.75, 3.05) is 13.2 Å². The molecule has 0 unspecified atom stereocenters. The van der Waals surface area contributed by atoms with Gasteiger partial charge in [-0.25, -0.2) is 9.59 Å². The Labute approximate surface area is 174 Å². The predicted octanol–water partition coefficient (Wildman–Crippen LogP) is 3.75. The number of hydrogen-bond acceptors (Lipinski definition) is 5. The highest BCUT2D eigenvalue weighted by Crippen LogP contribution is 2.20. The van der Waals surface area contributed by atoms with Crippen molar-refractivity contribution in [3.8, 4) is 0 Å². The lowest BCUT2D eigenvalue weighted by Gasteiger charge is -2.33. The summed E-state index contributed by atoms with van der Waals surface area (Å²) < 4.78 is 5.18. The highest BCUT2D eigenvalue weighted by atomic mass is 32.1. The molecule has 1 aliphatic rings. The van der Waals surface area contributed by atoms with Crippen LogP contribution >= 0.6 is 11.3 Å². The molecule has 2 aromatic rings. The SMILES string of the molecule is O=C(O)c1ccc(CCCN2C(=O)OCC[C@@H]2C=C[C@@H](O)Cc2ccccc2)s1. The van der Waals surface area contributed by atoms with Crippen molar-refractivity contribution in [1.29, 1.82) is 0 Å². The van der Waals surface area contributed by atoms with E-state index >= 15 is 0 Å². The molecule has 7 heteroatoms. The number of aryl methyl sites for hydroxylation is 1. The van der Waals surface area contributed by atoms with E-state index in [1.165, 1.54) is 11.3 Å². The summed E-state index contributed by atoms with van der Waals surface area (Å²) in [4.78, 5) is 26.2. The van der Waals surface area contributed by atoms with Crippen LogP contribution in [0.2, 0.25) is 0 Å². The Balaban J connectivity index is 1.53. The van der Waals surface area contributed by atoms with E-state index in [1.54, 1.807) is 17.0 Å². The summed E-state index contributed by atoms with van der Waals surface area (Å²) in [6.45, 7) is 0.884. The molecule has 6 nitrogen and oxygen atoms in total. The zero-order valence-corrected chi connectivity index (χ0v) is 16.9. The molecule has 29 heavy (non-hydrogen) atoms. The third-order valence-electron chi connectivity index (χ3n) is 4.81. The Kier molecular flexibility index (Phi) is 7.43. The molecule has 2 atom stereocenters. The number of aliphatic hydroxyl groups is 1. The minimum atomic E-state index is -0.917. The number of hydrogen-bond donors (Lipinski definition) is 2. The van der Waals surface area contributed by atoms with Crippen LogP contribution in [0.1, 0.15) is 33.0 Å². The van der Waals surface area contributed by atoms with Crippen molar-refractivity contribution >= 4 is 23.4 Å². The summed E-state index contributed by atoms with van der Waals surface area (Å²) in [7, 11) is 0. The summed E-state index contributed by atoms with van der Waals surface area (Å²) in [6, 6.07) is 13.1. The third kappa shape index (κ3) is 6.17. The fourth-order valence-corrected chi connectivity index (χ4v) is 4.22. The maximum atomic E-state index is 12.2. The van der Waals surface area contributed by atoms with Crippen molar-refractivity contribution < 1.29 is 24.5 Å². The first kappa shape index (κ1) is 21.1. The van der Waals surface area contributed by atoms with Crippen molar-refractivity contribution in [3.63, 3.8) is 0 Å². The molecule has 3 rings (SSSR count). The van der Waals surface area contributed by atoms with Crippen LogP contribution < -0.4 is 0 Å². The van der Waals surface area contributed by atoms with Gasteiger partial charge in [-0.2, -0.15) is 0 Å². The summed E-state index contributed by atoms with van der Waals surface area (Å²) in [6.07, 6.45) is 5.31. The number of benzene rings is 1. The maximum Gasteiger partial charge on any atom is 0.410 e. The first-order chi connectivity index (χ1) is 14.0. The number of rotatable bonds is 9. The summed E-state index contributed by atoms with van der Waals surface area (Å²) in [5.41, 5.74) is 1.06. The fraction of sp³-hybridized carbons (Fsp3) is 0.364. The summed E-state index contributed by atoms with van der Waals surface area (Å²) >= 11 is 1.26. The Morgan fingerprint density at radius 1 is 1.28 bits per heavy atom. The zero-order valence-electron chi connectivity index (χ0n) is 16.1. The lowest BCUT2D eigenvalue weighted by atomic mass is 10.1. The van der Waals surface area contributed by atoms with Crippen molar-refractivity contribution in [2.45, 2.75) is 37.8 Å². The highest BCUT2D eigenvalue weighted by Gasteiger charge is 2.27. The quantitative estimate of drug-likeness (QED) is 0.609. The number of aromatic carboxylic acids is 1. The van der Waals surface area contributed by atoms with E-state index in [4.69, 9.17) is 9.84 Å². The Morgan fingerprint density at radius 2 is 2.07 bits per heavy atom. The Hall–Kier alpha value is -2.64. The second-order valence-corrected chi connectivity index (χ2v) is 8.15. The fourth-order valence-electron chi connectivity index (χ4n) is 3.33. The van der Waals surface area contributed by atoms with Crippen LogP contribution in [0, 0.1) is 0 Å². The van der Waals surface area contributed by atoms with Crippen LogP contribution in [0.15, 0.2) is 54.6 Å². The average molecular weight is 416 g/mol. The second-order valence-electron chi connectivity index (χ2n) is 6.98. The number of aliphatic hydroxyl groups excluding tert-OH is 1. The Bertz CT molecular complexity index is 848. The normalized spacial score (nSPS) is 18.0. The molecule has 1 aromatic carbocycles. The van der Waals surface area contributed by atoms with Gasteiger partial charge in [0, 0.05) is 24.3 Å². The largest absolute Gasteiger partial charge is 0.477 e. The topological polar surface area (TPSA) is 87.1 Å². The molecule has 1 aromatic heterocycles. The van der Waals surface area contributed by atoms with E-state index in [-0.39, 0.29) is 12.1 Å². The van der Waals surface area contributed by atoms with Gasteiger partial charge in [-0.1, -0.05) is 42.5 Å². The minimum absolute atomic E-state index is 0.111. The molecule has 1 saturated heterocycles. The lowest BCUT2D eigenvalue weighted by molar-refractivity contribution is 0.0554. The van der Waals surface area contributed by atoms with Crippen LogP contribution in [0.5, 0.6) is 0 Å². The summed E-state index contributed by atoms with van der Waals surface area (Å²) in [5.74, 6) is -0.917. The van der Waals surface area contributed by atoms with Crippen molar-refractivity contribution in [2.24, 2.45) is 0 Å². The van der Waals surface area contributed by atoms with Crippen LogP contribution in [0.3, 0.4) is 0 Å². The lowest BCUT2D eigenvalue weighted by Crippen LogP contribution is -2.45. The number of carboxylic acid groups (broad SMARTS) is 1. The van der Waals surface area contributed by atoms with E-state index in [9.17, 15) is 14.7 Å². The van der Waals surface area contributed by atoms with Gasteiger partial charge in [0.15, 0.2) is 0 Å². The molecule has 154 valence electrons. The third-order valence-corrected chi connectivity index (χ3v) is 5.94. The molecular weight excluding hydrogens is 390 g/mol. The molecule has 1 fully saturated rings.